The molecule has 2 heterocycles. The minimum atomic E-state index is -0.714. The van der Waals surface area contributed by atoms with Crippen LogP contribution in [0.4, 0.5) is 4.39 Å². The molecule has 1 aromatic carbocycles. The molecule has 1 fully saturated rings. The summed E-state index contributed by atoms with van der Waals surface area (Å²) in [5.41, 5.74) is 2.17. The minimum absolute atomic E-state index is 0.242. The fourth-order valence-electron chi connectivity index (χ4n) is 3.35. The van der Waals surface area contributed by atoms with Crippen molar-refractivity contribution >= 4 is 11.7 Å². The third-order valence-corrected chi connectivity index (χ3v) is 4.79. The average Bonchev–Trinajstić information content (AvgIpc) is 3.22. The van der Waals surface area contributed by atoms with Crippen LogP contribution in [0.5, 0.6) is 0 Å². The summed E-state index contributed by atoms with van der Waals surface area (Å²) in [6, 6.07) is 5.37. The lowest BCUT2D eigenvalue weighted by Gasteiger charge is -2.24. The summed E-state index contributed by atoms with van der Waals surface area (Å²) in [4.78, 5) is 25.3. The molecule has 0 saturated carbocycles. The zero-order chi connectivity index (χ0) is 18.8. The lowest BCUT2D eigenvalue weighted by molar-refractivity contribution is -0.118. The number of amides is 1. The number of hydrogen-bond donors (Lipinski definition) is 1. The van der Waals surface area contributed by atoms with Gasteiger partial charge >= 0.3 is 0 Å². The fourth-order valence-corrected chi connectivity index (χ4v) is 3.35. The number of ketones is 1. The number of ether oxygens (including phenoxy) is 1. The third-order valence-electron chi connectivity index (χ3n) is 4.79. The van der Waals surface area contributed by atoms with Gasteiger partial charge in [-0.2, -0.15) is 5.10 Å². The molecule has 1 N–H and O–H groups in total. The fraction of sp³-hybridized carbons (Fsp3) is 0.421. The van der Waals surface area contributed by atoms with Crippen molar-refractivity contribution in [1.29, 1.82) is 0 Å². The number of aryl methyl sites for hydroxylation is 2. The Balaban J connectivity index is 1.85. The second-order valence-electron chi connectivity index (χ2n) is 6.55. The van der Waals surface area contributed by atoms with E-state index in [9.17, 15) is 14.0 Å². The average molecular weight is 359 g/mol. The van der Waals surface area contributed by atoms with E-state index in [0.717, 1.165) is 12.8 Å². The highest BCUT2D eigenvalue weighted by Gasteiger charge is 2.32. The van der Waals surface area contributed by atoms with Gasteiger partial charge < -0.3 is 10.1 Å². The Morgan fingerprint density at radius 3 is 2.54 bits per heavy atom. The van der Waals surface area contributed by atoms with Crippen LogP contribution >= 0.6 is 0 Å². The van der Waals surface area contributed by atoms with Gasteiger partial charge in [-0.25, -0.2) is 4.39 Å². The number of Topliss-reactive ketones (excluding diaryl/α,β-unsaturated/α-hetero) is 1. The molecule has 1 amide bonds. The summed E-state index contributed by atoms with van der Waals surface area (Å²) < 4.78 is 20.5. The number of aromatic nitrogens is 2. The second kappa shape index (κ2) is 7.37. The quantitative estimate of drug-likeness (QED) is 0.657. The molecule has 2 atom stereocenters. The van der Waals surface area contributed by atoms with E-state index < -0.39 is 17.7 Å². The second-order valence-corrected chi connectivity index (χ2v) is 6.55. The van der Waals surface area contributed by atoms with Crippen LogP contribution in [0.1, 0.15) is 46.2 Å². The molecular formula is C19H22FN3O3. The number of nitrogens with one attached hydrogen (secondary N) is 1. The molecule has 0 unspecified atom stereocenters. The predicted molar refractivity (Wildman–Crippen MR) is 93.3 cm³/mol. The predicted octanol–water partition coefficient (Wildman–Crippen LogP) is 2.40. The molecule has 1 aromatic heterocycles. The molecular weight excluding hydrogens is 337 g/mol. The van der Waals surface area contributed by atoms with Crippen LogP contribution in [0.3, 0.4) is 0 Å². The van der Waals surface area contributed by atoms with Gasteiger partial charge in [-0.05, 0) is 44.4 Å². The first kappa shape index (κ1) is 18.3. The number of nitrogens with zero attached hydrogens (tertiary/aromatic N) is 2. The van der Waals surface area contributed by atoms with E-state index in [2.05, 4.69) is 10.4 Å². The summed E-state index contributed by atoms with van der Waals surface area (Å²) in [6.45, 7) is 4.05. The Labute approximate surface area is 151 Å². The maximum Gasteiger partial charge on any atom is 0.293 e. The van der Waals surface area contributed by atoms with Crippen molar-refractivity contribution in [3.63, 3.8) is 0 Å². The zero-order valence-electron chi connectivity index (χ0n) is 15.1. The smallest absolute Gasteiger partial charge is 0.293 e. The number of benzene rings is 1. The van der Waals surface area contributed by atoms with Crippen LogP contribution in [0.15, 0.2) is 24.3 Å². The van der Waals surface area contributed by atoms with Gasteiger partial charge in [-0.15, -0.1) is 0 Å². The largest absolute Gasteiger partial charge is 0.376 e. The Hall–Kier alpha value is -2.54. The molecule has 0 radical (unpaired) electrons. The third kappa shape index (κ3) is 3.53. The van der Waals surface area contributed by atoms with Gasteiger partial charge in [0.15, 0.2) is 0 Å². The van der Waals surface area contributed by atoms with Gasteiger partial charge in [-0.1, -0.05) is 12.1 Å². The molecule has 1 saturated heterocycles. The highest BCUT2D eigenvalue weighted by molar-refractivity contribution is 6.43. The highest BCUT2D eigenvalue weighted by Crippen LogP contribution is 2.27. The molecule has 6 nitrogen and oxygen atoms in total. The number of hydrogen-bond acceptors (Lipinski definition) is 4. The van der Waals surface area contributed by atoms with Crippen LogP contribution in [0.2, 0.25) is 0 Å². The van der Waals surface area contributed by atoms with Crippen LogP contribution < -0.4 is 5.32 Å². The van der Waals surface area contributed by atoms with Crippen LogP contribution in [0.25, 0.3) is 0 Å². The number of carbonyl (C=O) groups is 2. The van der Waals surface area contributed by atoms with Crippen LogP contribution in [-0.2, 0) is 16.6 Å². The van der Waals surface area contributed by atoms with Crippen molar-refractivity contribution in [3.05, 3.63) is 52.6 Å². The van der Waals surface area contributed by atoms with Gasteiger partial charge in [0.05, 0.1) is 23.4 Å². The van der Waals surface area contributed by atoms with E-state index in [1.165, 1.54) is 12.1 Å². The van der Waals surface area contributed by atoms with Crippen molar-refractivity contribution in [2.24, 2.45) is 7.05 Å². The SMILES string of the molecule is Cc1nn(C)c(C)c1C(=O)C(=O)N[C@H](c1ccc(F)cc1)[C@@H]1CCCO1. The maximum atomic E-state index is 13.2. The molecule has 1 aliphatic rings. The normalized spacial score (nSPS) is 17.9. The summed E-state index contributed by atoms with van der Waals surface area (Å²) in [5.74, 6) is -1.70. The van der Waals surface area contributed by atoms with E-state index in [1.807, 2.05) is 0 Å². The van der Waals surface area contributed by atoms with E-state index in [-0.39, 0.29) is 11.9 Å². The first-order valence-electron chi connectivity index (χ1n) is 8.61. The van der Waals surface area contributed by atoms with E-state index in [0.29, 0.717) is 29.1 Å². The van der Waals surface area contributed by atoms with E-state index in [4.69, 9.17) is 4.74 Å². The lowest BCUT2D eigenvalue weighted by Crippen LogP contribution is -2.40. The Morgan fingerprint density at radius 1 is 1.31 bits per heavy atom. The number of carbonyl (C=O) groups excluding carboxylic acids is 2. The van der Waals surface area contributed by atoms with E-state index in [1.54, 1.807) is 37.7 Å². The maximum absolute atomic E-state index is 13.2. The first-order chi connectivity index (χ1) is 12.4. The molecule has 0 bridgehead atoms. The van der Waals surface area contributed by atoms with Crippen molar-refractivity contribution in [3.8, 4) is 0 Å². The molecule has 138 valence electrons. The first-order valence-corrected chi connectivity index (χ1v) is 8.61. The standard InChI is InChI=1S/C19H22FN3O3/c1-11-16(12(2)23(3)22-11)18(24)19(25)21-17(15-5-4-10-26-15)13-6-8-14(20)9-7-13/h6-9,15,17H,4-5,10H2,1-3H3,(H,21,25)/t15-,17+/m0/s1. The molecule has 7 heteroatoms. The zero-order valence-corrected chi connectivity index (χ0v) is 15.1. The highest BCUT2D eigenvalue weighted by atomic mass is 19.1. The number of halogens is 1. The molecule has 3 rings (SSSR count). The molecule has 0 aliphatic carbocycles. The van der Waals surface area contributed by atoms with E-state index >= 15 is 0 Å². The summed E-state index contributed by atoms with van der Waals surface area (Å²) in [7, 11) is 1.73. The summed E-state index contributed by atoms with van der Waals surface area (Å²) in [6.07, 6.45) is 1.40. The van der Waals surface area contributed by atoms with Crippen molar-refractivity contribution in [1.82, 2.24) is 15.1 Å². The van der Waals surface area contributed by atoms with Gasteiger partial charge in [0.25, 0.3) is 11.7 Å². The molecule has 26 heavy (non-hydrogen) atoms. The Bertz CT molecular complexity index is 823. The van der Waals surface area contributed by atoms with Gasteiger partial charge in [0.2, 0.25) is 0 Å². The van der Waals surface area contributed by atoms with Gasteiger partial charge in [0, 0.05) is 19.3 Å². The van der Waals surface area contributed by atoms with Crippen molar-refractivity contribution in [2.75, 3.05) is 6.61 Å². The summed E-state index contributed by atoms with van der Waals surface area (Å²) >= 11 is 0. The van der Waals surface area contributed by atoms with Crippen molar-refractivity contribution in [2.45, 2.75) is 38.8 Å². The molecule has 2 aromatic rings. The molecule has 1 aliphatic heterocycles. The van der Waals surface area contributed by atoms with Gasteiger partial charge in [-0.3, -0.25) is 14.3 Å². The topological polar surface area (TPSA) is 73.2 Å². The number of rotatable bonds is 5. The van der Waals surface area contributed by atoms with Crippen LogP contribution in [0, 0.1) is 19.7 Å². The Kier molecular flexibility index (Phi) is 5.18. The Morgan fingerprint density at radius 2 is 2.00 bits per heavy atom. The van der Waals surface area contributed by atoms with Crippen LogP contribution in [-0.4, -0.2) is 34.2 Å². The van der Waals surface area contributed by atoms with Gasteiger partial charge in [0.1, 0.15) is 5.82 Å². The lowest BCUT2D eigenvalue weighted by atomic mass is 9.98. The van der Waals surface area contributed by atoms with Crippen molar-refractivity contribution < 1.29 is 18.7 Å². The monoisotopic (exact) mass is 359 g/mol. The minimum Gasteiger partial charge on any atom is -0.376 e. The molecule has 0 spiro atoms. The summed E-state index contributed by atoms with van der Waals surface area (Å²) in [5, 5.41) is 6.97.